The van der Waals surface area contributed by atoms with Crippen molar-refractivity contribution in [1.29, 1.82) is 0 Å². The number of fused-ring (bicyclic) bond motifs is 6. The van der Waals surface area contributed by atoms with Crippen LogP contribution < -0.4 is 67.8 Å². The van der Waals surface area contributed by atoms with Crippen LogP contribution in [0, 0.1) is 41.1 Å². The Morgan fingerprint density at radius 1 is 0.270 bits per heavy atom. The molecule has 126 heavy (non-hydrogen) atoms. The number of hydrogen-bond acceptors (Lipinski definition) is 30. The van der Waals surface area contributed by atoms with Crippen molar-refractivity contribution in [2.75, 3.05) is 34.4 Å². The number of carbonyl (C=O) groups is 12. The molecule has 36 heteroatoms. The average Bonchev–Trinajstić information content (AvgIpc) is 0.686. The predicted octanol–water partition coefficient (Wildman–Crippen LogP) is 6.90. The topological polar surface area (TPSA) is 570 Å². The number of anilines is 6. The minimum atomic E-state index is -3.59. The summed E-state index contributed by atoms with van der Waals surface area (Å²) in [5.74, 6) is -18.8. The fraction of sp³-hybridized carbons (Fsp3) is 0.333. The highest BCUT2D eigenvalue weighted by atomic mass is 16.2. The summed E-state index contributed by atoms with van der Waals surface area (Å²) in [6.07, 6.45) is -33.4. The number of benzene rings is 6. The first kappa shape index (κ1) is 51.2. The van der Waals surface area contributed by atoms with Crippen LogP contribution in [0.5, 0.6) is 0 Å². The Morgan fingerprint density at radius 2 is 0.468 bits per heavy atom. The van der Waals surface area contributed by atoms with Gasteiger partial charge in [-0.25, -0.2) is 29.9 Å². The van der Waals surface area contributed by atoms with Crippen molar-refractivity contribution in [3.05, 3.63) is 206 Å². The van der Waals surface area contributed by atoms with Gasteiger partial charge >= 0.3 is 0 Å². The highest BCUT2D eigenvalue weighted by Crippen LogP contribution is 2.33. The van der Waals surface area contributed by atoms with E-state index >= 15 is 0 Å². The molecule has 6 saturated carbocycles. The van der Waals surface area contributed by atoms with E-state index in [1.54, 1.807) is 0 Å². The van der Waals surface area contributed by atoms with Gasteiger partial charge in [-0.2, -0.15) is 0 Å². The van der Waals surface area contributed by atoms with Crippen molar-refractivity contribution in [2.45, 2.75) is 192 Å². The molecule has 12 aromatic rings. The highest BCUT2D eigenvalue weighted by molar-refractivity contribution is 6.08. The summed E-state index contributed by atoms with van der Waals surface area (Å²) in [7, 11) is 0. The zero-order valence-corrected chi connectivity index (χ0v) is 64.7. The number of nitrogen functional groups attached to an aromatic ring is 6. The Balaban J connectivity index is 0.000000163. The van der Waals surface area contributed by atoms with Crippen molar-refractivity contribution in [3.63, 3.8) is 0 Å². The molecule has 18 rings (SSSR count). The van der Waals surface area contributed by atoms with Crippen LogP contribution in [0.15, 0.2) is 138 Å². The molecule has 0 radical (unpaired) electrons. The van der Waals surface area contributed by atoms with Crippen LogP contribution >= 0.6 is 0 Å². The Hall–Kier alpha value is -15.0. The number of nitrogens with zero attached hydrogens (tertiary/aromatic N) is 12. The number of Topliss-reactive ketones (excluding diaryl/α,β-unsaturated/α-hetero) is 12. The summed E-state index contributed by atoms with van der Waals surface area (Å²) < 4.78 is 310. The molecule has 6 aromatic carbocycles. The zero-order chi connectivity index (χ0) is 125. The van der Waals surface area contributed by atoms with Crippen LogP contribution in [0.4, 0.5) is 34.1 Å². The summed E-state index contributed by atoms with van der Waals surface area (Å²) >= 11 is 0. The second-order valence-electron chi connectivity index (χ2n) is 27.7. The quantitative estimate of drug-likeness (QED) is 0.0727. The van der Waals surface area contributed by atoms with Gasteiger partial charge in [-0.05, 0) is 152 Å². The van der Waals surface area contributed by atoms with Crippen molar-refractivity contribution in [3.8, 4) is 0 Å². The molecule has 12 N–H and O–H groups in total. The zero-order valence-electron chi connectivity index (χ0n) is 104. The molecular formula is C90H90N18O18. The second kappa shape index (κ2) is 36.6. The van der Waals surface area contributed by atoms with Gasteiger partial charge in [-0.1, -0.05) is 36.4 Å². The van der Waals surface area contributed by atoms with Gasteiger partial charge in [0.2, 0.25) is 0 Å². The van der Waals surface area contributed by atoms with Gasteiger partial charge in [0, 0.05) is 119 Å². The molecule has 6 aliphatic carbocycles. The Morgan fingerprint density at radius 3 is 0.706 bits per heavy atom. The average molecular weight is 1750 g/mol. The van der Waals surface area contributed by atoms with E-state index in [-0.39, 0.29) is 150 Å². The first-order valence-corrected chi connectivity index (χ1v) is 36.8. The third-order valence-electron chi connectivity index (χ3n) is 19.4. The maximum atomic E-state index is 13.2. The van der Waals surface area contributed by atoms with Crippen LogP contribution in [-0.2, 0) is 57.5 Å². The molecule has 2 unspecified atom stereocenters. The second-order valence-corrected chi connectivity index (χ2v) is 27.7. The maximum Gasteiger partial charge on any atom is 0.264 e. The Kier molecular flexibility index (Phi) is 14.9. The van der Waals surface area contributed by atoms with Crippen LogP contribution in [-0.4, -0.2) is 127 Å². The summed E-state index contributed by atoms with van der Waals surface area (Å²) in [6, 6.07) is 8.08. The largest absolute Gasteiger partial charge is 0.398 e. The summed E-state index contributed by atoms with van der Waals surface area (Å²) in [4.78, 5) is 248. The summed E-state index contributed by atoms with van der Waals surface area (Å²) in [6.45, 7) is -18.2. The molecule has 6 heterocycles. The van der Waals surface area contributed by atoms with E-state index in [0.717, 1.165) is 0 Å². The van der Waals surface area contributed by atoms with Gasteiger partial charge in [0.25, 0.3) is 33.4 Å². The molecule has 0 saturated heterocycles. The number of hydrogen-bond donors (Lipinski definition) is 6. The van der Waals surface area contributed by atoms with Crippen molar-refractivity contribution in [2.24, 2.45) is 0 Å². The smallest absolute Gasteiger partial charge is 0.264 e. The van der Waals surface area contributed by atoms with E-state index < -0.39 is 293 Å². The molecule has 648 valence electrons. The van der Waals surface area contributed by atoms with Gasteiger partial charge in [0.15, 0.2) is 34.7 Å². The lowest BCUT2D eigenvalue weighted by molar-refractivity contribution is -0.133. The van der Waals surface area contributed by atoms with Crippen molar-refractivity contribution in [1.82, 2.24) is 57.3 Å². The molecule has 0 bridgehead atoms. The fourth-order valence-corrected chi connectivity index (χ4v) is 13.6. The van der Waals surface area contributed by atoms with Crippen molar-refractivity contribution < 1.29 is 111 Å². The lowest BCUT2D eigenvalue weighted by Gasteiger charge is -2.24. The third kappa shape index (κ3) is 17.8. The number of nitrogens with two attached hydrogens (primary N) is 6. The van der Waals surface area contributed by atoms with Crippen molar-refractivity contribution >= 4 is 169 Å². The highest BCUT2D eigenvalue weighted by Gasteiger charge is 2.38. The summed E-state index contributed by atoms with van der Waals surface area (Å²) in [5.41, 5.74) is 27.3. The lowest BCUT2D eigenvalue weighted by Crippen LogP contribution is -2.36. The maximum absolute atomic E-state index is 13.2. The van der Waals surface area contributed by atoms with E-state index in [2.05, 4.69) is 29.9 Å². The summed E-state index contributed by atoms with van der Waals surface area (Å²) in [5, 5.41) is -1.38. The van der Waals surface area contributed by atoms with E-state index in [1.165, 1.54) is 109 Å². The van der Waals surface area contributed by atoms with E-state index in [9.17, 15) is 86.3 Å². The number of rotatable bonds is 6. The van der Waals surface area contributed by atoms with Crippen LogP contribution in [0.3, 0.4) is 0 Å². The SMILES string of the molecule is [2H]C([2H])([2H])c1nc2cccc(N)c2c(=O)n1C1([2H])C(=O)CC(=O)C([2H])([2H])C1([2H])[2H].[2H]C([2H])([2H])c1nc2cccc(N)c2c(=O)n1C1C(=O)CC(=O)C([2H])([2H])C1([2H])[2H].[2H]C([2H])([2H])c1nc2cccc(N)c2c(=O)n1[C@@]1([2H])C(=O)CC(=O)C([2H])([2H])C1([2H])[2H].[2H]C([2H])([2H])c1nc2cccc(N)c2c(=O)n1[C@@]1([2H])CCC(=O)CC1=O.[2H]C([2H])([2H])c1nc2cccc(N)c2c(=O)n1[C@]1([2H])C(=O)CC(=O)C([2H])([2H])C1([2H])[2H].[2H]C([2H])([2H])c1nc2cccc(N)c2c(=O)n1[C@]1([2H])CCC(=O)CC1=O. The molecule has 0 amide bonds. The van der Waals surface area contributed by atoms with E-state index in [4.69, 9.17) is 87.9 Å². The molecule has 36 nitrogen and oxygen atoms in total. The fourth-order valence-electron chi connectivity index (χ4n) is 13.6. The Bertz CT molecular complexity index is 8430. The predicted molar refractivity (Wildman–Crippen MR) is 468 cm³/mol. The minimum Gasteiger partial charge on any atom is -0.398 e. The molecule has 6 fully saturated rings. The van der Waals surface area contributed by atoms with Gasteiger partial charge in [-0.3, -0.25) is 114 Å². The van der Waals surface area contributed by atoms with Crippen LogP contribution in [0.2, 0.25) is 0 Å². The van der Waals surface area contributed by atoms with E-state index in [0.29, 0.717) is 13.7 Å². The minimum absolute atomic E-state index is 0.0191. The standard InChI is InChI=1S/6C15H15N3O3/c6*1-8-17-11-4-2-3-10(16)14(11)15(21)18(8)12-6-5-9(19)7-13(12)20/h6*2-4,12H,5-7,16H2,1H3/t4*12-;;/m1100../s1/i1D3,5D2,6D2,12D;1D3,12D;1D3,5D2,6D2,12D;1D3,12D;1D3,5D2,6D2,12D;1D3,5D2,6D2. The molecular weight excluding hydrogens is 1620 g/mol. The van der Waals surface area contributed by atoms with Crippen LogP contribution in [0.1, 0.15) is 240 Å². The lowest BCUT2D eigenvalue weighted by atomic mass is 9.92. The van der Waals surface area contributed by atoms with Gasteiger partial charge in [-0.15, -0.1) is 0 Å². The van der Waals surface area contributed by atoms with Gasteiger partial charge in [0.05, 0.1) is 147 Å². The Labute approximate surface area is 769 Å². The third-order valence-corrected chi connectivity index (χ3v) is 19.4. The number of ketones is 12. The number of carbonyl (C=O) groups excluding carboxylic acids is 12. The van der Waals surface area contributed by atoms with Gasteiger partial charge in [0.1, 0.15) is 69.6 Å². The molecule has 0 spiro atoms. The first-order valence-electron chi connectivity index (χ1n) is 56.3. The normalized spacial score (nSPS) is 30.5. The molecule has 6 aliphatic rings. The number of aryl methyl sites for hydroxylation is 6. The molecule has 6 aromatic heterocycles. The van der Waals surface area contributed by atoms with E-state index in [1.807, 2.05) is 0 Å². The monoisotopic (exact) mass is 1750 g/mol. The first-order chi connectivity index (χ1) is 75.1. The van der Waals surface area contributed by atoms with Crippen LogP contribution in [0.25, 0.3) is 65.4 Å². The molecule has 0 aliphatic heterocycles. The molecule has 6 atom stereocenters. The number of aromatic nitrogens is 12. The van der Waals surface area contributed by atoms with Gasteiger partial charge < -0.3 is 34.4 Å².